The summed E-state index contributed by atoms with van der Waals surface area (Å²) in [5.41, 5.74) is 12.4. The highest BCUT2D eigenvalue weighted by Gasteiger charge is 2.18. The Kier molecular flexibility index (Phi) is 4.72. The van der Waals surface area contributed by atoms with E-state index in [0.29, 0.717) is 50.1 Å². The number of carbonyl (C=O) groups is 2. The molecule has 0 aliphatic rings. The monoisotopic (exact) mass is 371 g/mol. The molecule has 0 saturated carbocycles. The first-order valence-electron chi connectivity index (χ1n) is 7.80. The molecule has 0 fully saturated rings. The van der Waals surface area contributed by atoms with Crippen LogP contribution in [-0.2, 0) is 0 Å². The van der Waals surface area contributed by atoms with E-state index in [9.17, 15) is 9.59 Å². The molecule has 3 rings (SSSR count). The standard InChI is InChI=1S/C17H17N5O3S/c1-3-25-11-6-9(14(18)23)4-5-10(11)22-16-12-8(2)13(15(19)24)26-17(12)21-7-20-16/h4-7H,3H2,1-2H3,(H2,18,23)(H2,19,24)(H,20,21,22). The molecule has 2 heterocycles. The Morgan fingerprint density at radius 3 is 2.65 bits per heavy atom. The maximum absolute atomic E-state index is 11.6. The van der Waals surface area contributed by atoms with Crippen molar-refractivity contribution < 1.29 is 14.3 Å². The van der Waals surface area contributed by atoms with Gasteiger partial charge in [-0.1, -0.05) is 0 Å². The van der Waals surface area contributed by atoms with Crippen molar-refractivity contribution in [2.45, 2.75) is 13.8 Å². The van der Waals surface area contributed by atoms with Crippen LogP contribution in [0.2, 0.25) is 0 Å². The van der Waals surface area contributed by atoms with Gasteiger partial charge in [-0.15, -0.1) is 11.3 Å². The fraction of sp³-hybridized carbons (Fsp3) is 0.176. The van der Waals surface area contributed by atoms with Crippen LogP contribution in [0.3, 0.4) is 0 Å². The van der Waals surface area contributed by atoms with E-state index in [0.717, 1.165) is 0 Å². The molecule has 0 bridgehead atoms. The number of hydrogen-bond donors (Lipinski definition) is 3. The number of benzene rings is 1. The van der Waals surface area contributed by atoms with E-state index in [-0.39, 0.29) is 0 Å². The van der Waals surface area contributed by atoms with Crippen LogP contribution in [0.1, 0.15) is 32.5 Å². The predicted molar refractivity (Wildman–Crippen MR) is 100 cm³/mol. The fourth-order valence-corrected chi connectivity index (χ4v) is 3.58. The highest BCUT2D eigenvalue weighted by Crippen LogP contribution is 2.36. The van der Waals surface area contributed by atoms with Gasteiger partial charge in [0, 0.05) is 5.56 Å². The van der Waals surface area contributed by atoms with Gasteiger partial charge in [-0.05, 0) is 37.6 Å². The van der Waals surface area contributed by atoms with E-state index in [1.807, 2.05) is 6.92 Å². The Balaban J connectivity index is 2.09. The van der Waals surface area contributed by atoms with Crippen molar-refractivity contribution in [3.05, 3.63) is 40.5 Å². The number of aryl methyl sites for hydroxylation is 1. The van der Waals surface area contributed by atoms with Crippen molar-refractivity contribution in [3.8, 4) is 5.75 Å². The summed E-state index contributed by atoms with van der Waals surface area (Å²) in [6.07, 6.45) is 1.41. The number of thiophene rings is 1. The van der Waals surface area contributed by atoms with Crippen molar-refractivity contribution in [2.75, 3.05) is 11.9 Å². The third-order valence-corrected chi connectivity index (χ3v) is 4.98. The van der Waals surface area contributed by atoms with Gasteiger partial charge in [-0.25, -0.2) is 9.97 Å². The molecule has 0 radical (unpaired) electrons. The van der Waals surface area contributed by atoms with Crippen molar-refractivity contribution in [1.29, 1.82) is 0 Å². The average molecular weight is 371 g/mol. The van der Waals surface area contributed by atoms with Crippen LogP contribution in [0.4, 0.5) is 11.5 Å². The van der Waals surface area contributed by atoms with E-state index >= 15 is 0 Å². The van der Waals surface area contributed by atoms with E-state index in [1.165, 1.54) is 17.7 Å². The summed E-state index contributed by atoms with van der Waals surface area (Å²) in [5.74, 6) is -0.0541. The van der Waals surface area contributed by atoms with Gasteiger partial charge in [0.05, 0.1) is 22.6 Å². The highest BCUT2D eigenvalue weighted by molar-refractivity contribution is 7.20. The number of ether oxygens (including phenoxy) is 1. The lowest BCUT2D eigenvalue weighted by molar-refractivity contribution is 0.0993. The van der Waals surface area contributed by atoms with Gasteiger partial charge >= 0.3 is 0 Å². The first kappa shape index (κ1) is 17.6. The first-order valence-corrected chi connectivity index (χ1v) is 8.61. The normalized spacial score (nSPS) is 10.7. The molecule has 0 saturated heterocycles. The van der Waals surface area contributed by atoms with Crippen LogP contribution < -0.4 is 21.5 Å². The van der Waals surface area contributed by atoms with Gasteiger partial charge in [0.2, 0.25) is 5.91 Å². The number of nitrogens with one attached hydrogen (secondary N) is 1. The third kappa shape index (κ3) is 3.16. The zero-order chi connectivity index (χ0) is 18.8. The molecule has 0 unspecified atom stereocenters. The number of amides is 2. The molecule has 2 aromatic heterocycles. The molecule has 0 spiro atoms. The second kappa shape index (κ2) is 6.96. The summed E-state index contributed by atoms with van der Waals surface area (Å²) in [6.45, 7) is 4.05. The zero-order valence-corrected chi connectivity index (χ0v) is 15.0. The number of aromatic nitrogens is 2. The third-order valence-electron chi connectivity index (χ3n) is 3.77. The second-order valence-corrected chi connectivity index (χ2v) is 6.46. The van der Waals surface area contributed by atoms with Gasteiger partial charge in [0.25, 0.3) is 5.91 Å². The topological polar surface area (TPSA) is 133 Å². The summed E-state index contributed by atoms with van der Waals surface area (Å²) in [7, 11) is 0. The number of rotatable bonds is 6. The summed E-state index contributed by atoms with van der Waals surface area (Å²) >= 11 is 1.22. The molecule has 8 nitrogen and oxygen atoms in total. The number of nitrogens with zero attached hydrogens (tertiary/aromatic N) is 2. The molecular weight excluding hydrogens is 354 g/mol. The summed E-state index contributed by atoms with van der Waals surface area (Å²) in [4.78, 5) is 32.6. The molecule has 134 valence electrons. The molecule has 5 N–H and O–H groups in total. The number of nitrogens with two attached hydrogens (primary N) is 2. The fourth-order valence-electron chi connectivity index (χ4n) is 2.58. The SMILES string of the molecule is CCOc1cc(C(N)=O)ccc1Nc1ncnc2sc(C(N)=O)c(C)c12. The molecular formula is C17H17N5O3S. The number of carbonyl (C=O) groups excluding carboxylic acids is 2. The van der Waals surface area contributed by atoms with Gasteiger partial charge < -0.3 is 21.5 Å². The largest absolute Gasteiger partial charge is 0.492 e. The van der Waals surface area contributed by atoms with Gasteiger partial charge in [-0.3, -0.25) is 9.59 Å². The Morgan fingerprint density at radius 1 is 1.23 bits per heavy atom. The number of hydrogen-bond acceptors (Lipinski definition) is 7. The van der Waals surface area contributed by atoms with E-state index in [1.54, 1.807) is 25.1 Å². The molecule has 9 heteroatoms. The minimum atomic E-state index is -0.540. The summed E-state index contributed by atoms with van der Waals surface area (Å²) in [5, 5.41) is 3.90. The lowest BCUT2D eigenvalue weighted by Crippen LogP contribution is -2.11. The molecule has 0 atom stereocenters. The van der Waals surface area contributed by atoms with Crippen LogP contribution in [0.25, 0.3) is 10.2 Å². The number of anilines is 2. The number of fused-ring (bicyclic) bond motifs is 1. The minimum absolute atomic E-state index is 0.342. The highest BCUT2D eigenvalue weighted by atomic mass is 32.1. The van der Waals surface area contributed by atoms with Crippen molar-refractivity contribution >= 4 is 44.9 Å². The Bertz CT molecular complexity index is 1020. The number of primary amides is 2. The van der Waals surface area contributed by atoms with Crippen molar-refractivity contribution in [2.24, 2.45) is 11.5 Å². The molecule has 1 aromatic carbocycles. The van der Waals surface area contributed by atoms with E-state index in [2.05, 4.69) is 15.3 Å². The molecule has 3 aromatic rings. The van der Waals surface area contributed by atoms with Crippen LogP contribution in [-0.4, -0.2) is 28.4 Å². The van der Waals surface area contributed by atoms with Crippen molar-refractivity contribution in [3.63, 3.8) is 0 Å². The maximum Gasteiger partial charge on any atom is 0.259 e. The van der Waals surface area contributed by atoms with Crippen LogP contribution >= 0.6 is 11.3 Å². The summed E-state index contributed by atoms with van der Waals surface area (Å²) < 4.78 is 5.60. The van der Waals surface area contributed by atoms with Gasteiger partial charge in [0.1, 0.15) is 22.7 Å². The first-order chi connectivity index (χ1) is 12.4. The summed E-state index contributed by atoms with van der Waals surface area (Å²) in [6, 6.07) is 4.86. The van der Waals surface area contributed by atoms with Gasteiger partial charge in [0.15, 0.2) is 0 Å². The van der Waals surface area contributed by atoms with Crippen LogP contribution in [0.15, 0.2) is 24.5 Å². The van der Waals surface area contributed by atoms with E-state index in [4.69, 9.17) is 16.2 Å². The second-order valence-electron chi connectivity index (χ2n) is 5.46. The van der Waals surface area contributed by atoms with Crippen LogP contribution in [0, 0.1) is 6.92 Å². The van der Waals surface area contributed by atoms with Gasteiger partial charge in [-0.2, -0.15) is 0 Å². The van der Waals surface area contributed by atoms with Crippen molar-refractivity contribution in [1.82, 2.24) is 9.97 Å². The average Bonchev–Trinajstić information content (AvgIpc) is 2.94. The minimum Gasteiger partial charge on any atom is -0.492 e. The maximum atomic E-state index is 11.6. The Labute approximate surface area is 153 Å². The lowest BCUT2D eigenvalue weighted by Gasteiger charge is -2.13. The zero-order valence-electron chi connectivity index (χ0n) is 14.2. The van der Waals surface area contributed by atoms with E-state index < -0.39 is 11.8 Å². The van der Waals surface area contributed by atoms with Crippen LogP contribution in [0.5, 0.6) is 5.75 Å². The lowest BCUT2D eigenvalue weighted by atomic mass is 10.1. The Morgan fingerprint density at radius 2 is 2.00 bits per heavy atom. The molecule has 0 aliphatic carbocycles. The molecule has 0 aliphatic heterocycles. The smallest absolute Gasteiger partial charge is 0.259 e. The quantitative estimate of drug-likeness (QED) is 0.609. The molecule has 26 heavy (non-hydrogen) atoms. The Hall–Kier alpha value is -3.20. The predicted octanol–water partition coefficient (Wildman–Crippen LogP) is 2.34. The molecule has 2 amide bonds.